The molecule has 11 heteroatoms. The quantitative estimate of drug-likeness (QED) is 0.501. The van der Waals surface area contributed by atoms with Crippen molar-refractivity contribution < 1.29 is 24.1 Å². The Hall–Kier alpha value is -3.15. The number of hydrogen-bond donors (Lipinski definition) is 4. The molecule has 1 aromatic heterocycles. The molecular weight excluding hydrogens is 432 g/mol. The van der Waals surface area contributed by atoms with E-state index < -0.39 is 35.7 Å². The van der Waals surface area contributed by atoms with Crippen molar-refractivity contribution >= 4 is 11.7 Å². The number of nitrogens with zero attached hydrogens (tertiary/aromatic N) is 1. The molecular formula is C22H28N4O7. The number of anilines is 1. The molecule has 0 bridgehead atoms. The number of aryl methyl sites for hydroxylation is 1. The second-order valence-corrected chi connectivity index (χ2v) is 8.20. The highest BCUT2D eigenvalue weighted by molar-refractivity contribution is 5.89. The van der Waals surface area contributed by atoms with Crippen molar-refractivity contribution in [3.05, 3.63) is 56.9 Å². The van der Waals surface area contributed by atoms with E-state index in [1.54, 1.807) is 31.2 Å². The van der Waals surface area contributed by atoms with Crippen molar-refractivity contribution in [1.82, 2.24) is 14.9 Å². The average Bonchev–Trinajstić information content (AvgIpc) is 3.17. The summed E-state index contributed by atoms with van der Waals surface area (Å²) in [6.07, 6.45) is 1.10. The highest BCUT2D eigenvalue weighted by Crippen LogP contribution is 2.27. The smallest absolute Gasteiger partial charge is 0.330 e. The van der Waals surface area contributed by atoms with E-state index in [1.807, 2.05) is 0 Å². The van der Waals surface area contributed by atoms with Crippen LogP contribution in [0.1, 0.15) is 31.1 Å². The van der Waals surface area contributed by atoms with E-state index in [-0.39, 0.29) is 19.1 Å². The first-order valence-corrected chi connectivity index (χ1v) is 10.9. The minimum Gasteiger partial charge on any atom is -0.490 e. The molecule has 0 unspecified atom stereocenters. The minimum absolute atomic E-state index is 0.0472. The van der Waals surface area contributed by atoms with E-state index in [2.05, 4.69) is 15.6 Å². The summed E-state index contributed by atoms with van der Waals surface area (Å²) in [5, 5.41) is 15.7. The van der Waals surface area contributed by atoms with Gasteiger partial charge in [-0.25, -0.2) is 9.59 Å². The number of rotatable bonds is 6. The zero-order valence-electron chi connectivity index (χ0n) is 18.3. The van der Waals surface area contributed by atoms with Crippen LogP contribution in [0.3, 0.4) is 0 Å². The van der Waals surface area contributed by atoms with E-state index in [0.717, 1.165) is 18.6 Å². The van der Waals surface area contributed by atoms with Crippen molar-refractivity contribution in [3.63, 3.8) is 0 Å². The fourth-order valence-corrected chi connectivity index (χ4v) is 3.84. The number of aromatic amines is 1. The van der Waals surface area contributed by atoms with Crippen LogP contribution < -0.4 is 26.6 Å². The maximum Gasteiger partial charge on any atom is 0.330 e. The lowest BCUT2D eigenvalue weighted by Gasteiger charge is -2.23. The molecule has 0 radical (unpaired) electrons. The Labute approximate surface area is 189 Å². The maximum absolute atomic E-state index is 12.3. The molecule has 3 heterocycles. The Kier molecular flexibility index (Phi) is 7.11. The molecule has 2 saturated heterocycles. The Morgan fingerprint density at radius 1 is 1.24 bits per heavy atom. The first kappa shape index (κ1) is 23.0. The largest absolute Gasteiger partial charge is 0.490 e. The number of carbonyl (C=O) groups excluding carboxylic acids is 1. The summed E-state index contributed by atoms with van der Waals surface area (Å²) in [6, 6.07) is 6.63. The van der Waals surface area contributed by atoms with E-state index in [9.17, 15) is 19.5 Å². The number of carbonyl (C=O) groups is 1. The van der Waals surface area contributed by atoms with Gasteiger partial charge in [0.15, 0.2) is 0 Å². The van der Waals surface area contributed by atoms with Crippen LogP contribution in [0.15, 0.2) is 40.1 Å². The first-order valence-electron chi connectivity index (χ1n) is 10.9. The third-order valence-corrected chi connectivity index (χ3v) is 5.71. The standard InChI is InChI=1S/C22H28N4O7/c1-13-12-26(22(30)25-20(13)28)19-10-17(27)18(33-19)11-23-21(29)24-14-2-4-15(5-3-14)32-16-6-8-31-9-7-16/h2-5,12,16-19,27H,6-11H2,1H3,(H2,23,24,29)(H,25,28,30)/t17-,18+,19-/m0/s1. The Balaban J connectivity index is 1.26. The predicted molar refractivity (Wildman–Crippen MR) is 119 cm³/mol. The minimum atomic E-state index is -0.879. The predicted octanol–water partition coefficient (Wildman–Crippen LogP) is 0.873. The van der Waals surface area contributed by atoms with Crippen LogP contribution in [0.25, 0.3) is 0 Å². The lowest BCUT2D eigenvalue weighted by atomic mass is 10.1. The van der Waals surface area contributed by atoms with E-state index in [0.29, 0.717) is 24.5 Å². The number of nitrogens with one attached hydrogen (secondary N) is 3. The fraction of sp³-hybridized carbons (Fsp3) is 0.500. The Morgan fingerprint density at radius 2 is 1.97 bits per heavy atom. The molecule has 4 rings (SSSR count). The van der Waals surface area contributed by atoms with Crippen molar-refractivity contribution in [2.75, 3.05) is 25.1 Å². The van der Waals surface area contributed by atoms with Crippen LogP contribution in [-0.4, -0.2) is 58.8 Å². The lowest BCUT2D eigenvalue weighted by molar-refractivity contribution is -0.0178. The molecule has 33 heavy (non-hydrogen) atoms. The second kappa shape index (κ2) is 10.2. The number of benzene rings is 1. The van der Waals surface area contributed by atoms with Crippen molar-refractivity contribution in [2.45, 2.75) is 50.7 Å². The van der Waals surface area contributed by atoms with Crippen molar-refractivity contribution in [2.24, 2.45) is 0 Å². The van der Waals surface area contributed by atoms with Gasteiger partial charge in [-0.3, -0.25) is 14.3 Å². The van der Waals surface area contributed by atoms with Crippen LogP contribution in [0.4, 0.5) is 10.5 Å². The van der Waals surface area contributed by atoms with Crippen LogP contribution in [0.2, 0.25) is 0 Å². The Bertz CT molecular complexity index is 1080. The topological polar surface area (TPSA) is 144 Å². The van der Waals surface area contributed by atoms with Gasteiger partial charge in [0.1, 0.15) is 24.2 Å². The zero-order valence-corrected chi connectivity index (χ0v) is 18.3. The van der Waals surface area contributed by atoms with Gasteiger partial charge in [-0.1, -0.05) is 0 Å². The molecule has 11 nitrogen and oxygen atoms in total. The number of H-pyrrole nitrogens is 1. The van der Waals surface area contributed by atoms with Gasteiger partial charge in [0.2, 0.25) is 0 Å². The van der Waals surface area contributed by atoms with Crippen LogP contribution in [0.5, 0.6) is 5.75 Å². The van der Waals surface area contributed by atoms with Gasteiger partial charge in [0, 0.05) is 43.3 Å². The molecule has 178 valence electrons. The van der Waals surface area contributed by atoms with E-state index >= 15 is 0 Å². The van der Waals surface area contributed by atoms with E-state index in [1.165, 1.54) is 10.8 Å². The number of hydrogen-bond acceptors (Lipinski definition) is 7. The van der Waals surface area contributed by atoms with Gasteiger partial charge in [-0.05, 0) is 31.2 Å². The third-order valence-electron chi connectivity index (χ3n) is 5.71. The number of aliphatic hydroxyl groups excluding tert-OH is 1. The number of urea groups is 1. The highest BCUT2D eigenvalue weighted by Gasteiger charge is 2.35. The number of aromatic nitrogens is 2. The van der Waals surface area contributed by atoms with Crippen LogP contribution in [-0.2, 0) is 9.47 Å². The number of amides is 2. The average molecular weight is 460 g/mol. The number of aliphatic hydroxyl groups is 1. The summed E-state index contributed by atoms with van der Waals surface area (Å²) >= 11 is 0. The molecule has 4 N–H and O–H groups in total. The van der Waals surface area contributed by atoms with E-state index in [4.69, 9.17) is 14.2 Å². The fourth-order valence-electron chi connectivity index (χ4n) is 3.84. The second-order valence-electron chi connectivity index (χ2n) is 8.20. The van der Waals surface area contributed by atoms with Gasteiger partial charge in [-0.15, -0.1) is 0 Å². The van der Waals surface area contributed by atoms with Gasteiger partial charge < -0.3 is 30.0 Å². The maximum atomic E-state index is 12.3. The van der Waals surface area contributed by atoms with Crippen LogP contribution >= 0.6 is 0 Å². The molecule has 2 aliphatic rings. The van der Waals surface area contributed by atoms with Gasteiger partial charge in [-0.2, -0.15) is 0 Å². The summed E-state index contributed by atoms with van der Waals surface area (Å²) in [6.45, 7) is 3.02. The SMILES string of the molecule is Cc1cn([C@@H]2C[C@H](O)[C@@H](CNC(=O)Nc3ccc(OC4CCOCC4)cc3)O2)c(=O)[nH]c1=O. The van der Waals surface area contributed by atoms with Gasteiger partial charge >= 0.3 is 11.7 Å². The lowest BCUT2D eigenvalue weighted by Crippen LogP contribution is -2.39. The molecule has 0 saturated carbocycles. The monoisotopic (exact) mass is 460 g/mol. The molecule has 2 aromatic rings. The van der Waals surface area contributed by atoms with Crippen molar-refractivity contribution in [1.29, 1.82) is 0 Å². The zero-order chi connectivity index (χ0) is 23.4. The molecule has 2 fully saturated rings. The highest BCUT2D eigenvalue weighted by atomic mass is 16.5. The Morgan fingerprint density at radius 3 is 2.70 bits per heavy atom. The molecule has 1 aromatic carbocycles. The number of ether oxygens (including phenoxy) is 3. The summed E-state index contributed by atoms with van der Waals surface area (Å²) in [5.74, 6) is 0.731. The molecule has 0 spiro atoms. The summed E-state index contributed by atoms with van der Waals surface area (Å²) in [7, 11) is 0. The molecule has 0 aliphatic carbocycles. The summed E-state index contributed by atoms with van der Waals surface area (Å²) in [5.41, 5.74) is -0.128. The third kappa shape index (κ3) is 5.81. The normalized spacial score (nSPS) is 23.3. The van der Waals surface area contributed by atoms with Gasteiger partial charge in [0.05, 0.1) is 19.3 Å². The van der Waals surface area contributed by atoms with Crippen LogP contribution in [0, 0.1) is 6.92 Å². The molecule has 2 aliphatic heterocycles. The summed E-state index contributed by atoms with van der Waals surface area (Å²) in [4.78, 5) is 38.1. The molecule has 3 atom stereocenters. The first-order chi connectivity index (χ1) is 15.9. The molecule has 2 amide bonds. The summed E-state index contributed by atoms with van der Waals surface area (Å²) < 4.78 is 18.2. The van der Waals surface area contributed by atoms with Crippen molar-refractivity contribution in [3.8, 4) is 5.75 Å². The van der Waals surface area contributed by atoms with Gasteiger partial charge in [0.25, 0.3) is 5.56 Å².